The summed E-state index contributed by atoms with van der Waals surface area (Å²) >= 11 is 0. The maximum atomic E-state index is 12.2. The Kier molecular flexibility index (Phi) is 5.83. The maximum Gasteiger partial charge on any atom is 0.224 e. The molecule has 0 radical (unpaired) electrons. The zero-order valence-electron chi connectivity index (χ0n) is 12.5. The number of likely N-dealkylation sites (tertiary alicyclic amines) is 2. The van der Waals surface area contributed by atoms with E-state index < -0.39 is 0 Å². The highest BCUT2D eigenvalue weighted by Crippen LogP contribution is 2.15. The number of amides is 2. The van der Waals surface area contributed by atoms with Gasteiger partial charge in [0.25, 0.3) is 0 Å². The Hall–Kier alpha value is -1.10. The average molecular weight is 282 g/mol. The molecule has 2 aliphatic rings. The van der Waals surface area contributed by atoms with Crippen molar-refractivity contribution in [1.82, 2.24) is 9.80 Å². The van der Waals surface area contributed by atoms with E-state index >= 15 is 0 Å². The Morgan fingerprint density at radius 1 is 1.25 bits per heavy atom. The topological polar surface area (TPSA) is 49.9 Å². The Morgan fingerprint density at radius 3 is 2.90 bits per heavy atom. The second-order valence-electron chi connectivity index (χ2n) is 5.78. The third kappa shape index (κ3) is 4.20. The molecule has 2 saturated heterocycles. The minimum atomic E-state index is 0.156. The fraction of sp³-hybridized carbons (Fsp3) is 0.867. The first kappa shape index (κ1) is 15.3. The van der Waals surface area contributed by atoms with Crippen LogP contribution in [0, 0.1) is 0 Å². The molecule has 5 heteroatoms. The summed E-state index contributed by atoms with van der Waals surface area (Å²) < 4.78 is 5.34. The molecular formula is C15H26N2O3. The van der Waals surface area contributed by atoms with E-state index in [0.717, 1.165) is 45.2 Å². The van der Waals surface area contributed by atoms with Crippen LogP contribution in [0.25, 0.3) is 0 Å². The Balaban J connectivity index is 1.77. The van der Waals surface area contributed by atoms with Gasteiger partial charge in [-0.3, -0.25) is 9.59 Å². The molecule has 0 aromatic carbocycles. The lowest BCUT2D eigenvalue weighted by Gasteiger charge is -2.32. The van der Waals surface area contributed by atoms with Crippen LogP contribution in [0.5, 0.6) is 0 Å². The Morgan fingerprint density at radius 2 is 2.10 bits per heavy atom. The lowest BCUT2D eigenvalue weighted by Crippen LogP contribution is -2.44. The van der Waals surface area contributed by atoms with E-state index in [1.54, 1.807) is 7.11 Å². The minimum absolute atomic E-state index is 0.156. The highest BCUT2D eigenvalue weighted by atomic mass is 16.5. The molecule has 5 nitrogen and oxygen atoms in total. The Bertz CT molecular complexity index is 346. The molecular weight excluding hydrogens is 256 g/mol. The maximum absolute atomic E-state index is 12.2. The number of ether oxygens (including phenoxy) is 1. The molecule has 2 fully saturated rings. The van der Waals surface area contributed by atoms with Gasteiger partial charge in [-0.05, 0) is 25.7 Å². The van der Waals surface area contributed by atoms with Crippen LogP contribution in [0.4, 0.5) is 0 Å². The van der Waals surface area contributed by atoms with E-state index in [1.165, 1.54) is 0 Å². The molecule has 0 spiro atoms. The molecule has 0 aliphatic carbocycles. The van der Waals surface area contributed by atoms with Crippen LogP contribution in [-0.4, -0.2) is 61.0 Å². The summed E-state index contributed by atoms with van der Waals surface area (Å²) in [4.78, 5) is 27.9. The van der Waals surface area contributed by atoms with Crippen molar-refractivity contribution < 1.29 is 14.3 Å². The summed E-state index contributed by atoms with van der Waals surface area (Å²) in [5, 5.41) is 0. The number of hydrogen-bond acceptors (Lipinski definition) is 3. The number of piperidine rings is 1. The fourth-order valence-electron chi connectivity index (χ4n) is 3.02. The molecule has 2 heterocycles. The van der Waals surface area contributed by atoms with Crippen molar-refractivity contribution in [1.29, 1.82) is 0 Å². The van der Waals surface area contributed by atoms with Crippen molar-refractivity contribution >= 4 is 11.8 Å². The number of carbonyl (C=O) groups excluding carboxylic acids is 2. The zero-order chi connectivity index (χ0) is 14.4. The van der Waals surface area contributed by atoms with Crippen molar-refractivity contribution in [2.45, 2.75) is 51.0 Å². The predicted molar refractivity (Wildman–Crippen MR) is 76.3 cm³/mol. The minimum Gasteiger partial charge on any atom is -0.380 e. The van der Waals surface area contributed by atoms with Crippen molar-refractivity contribution in [3.8, 4) is 0 Å². The molecule has 0 aromatic rings. The summed E-state index contributed by atoms with van der Waals surface area (Å²) in [7, 11) is 1.70. The molecule has 114 valence electrons. The van der Waals surface area contributed by atoms with E-state index in [4.69, 9.17) is 4.74 Å². The monoisotopic (exact) mass is 282 g/mol. The first-order valence-electron chi connectivity index (χ1n) is 7.79. The van der Waals surface area contributed by atoms with Gasteiger partial charge in [-0.2, -0.15) is 0 Å². The number of methoxy groups -OCH3 is 1. The Labute approximate surface area is 121 Å². The van der Waals surface area contributed by atoms with Crippen LogP contribution in [0.1, 0.15) is 44.9 Å². The van der Waals surface area contributed by atoms with Gasteiger partial charge < -0.3 is 14.5 Å². The first-order chi connectivity index (χ1) is 9.70. The lowest BCUT2D eigenvalue weighted by molar-refractivity contribution is -0.136. The van der Waals surface area contributed by atoms with Gasteiger partial charge in [0.1, 0.15) is 0 Å². The third-order valence-corrected chi connectivity index (χ3v) is 4.33. The van der Waals surface area contributed by atoms with E-state index in [-0.39, 0.29) is 17.9 Å². The summed E-state index contributed by atoms with van der Waals surface area (Å²) in [5.74, 6) is 0.368. The molecule has 20 heavy (non-hydrogen) atoms. The van der Waals surface area contributed by atoms with E-state index in [0.29, 0.717) is 25.9 Å². The number of hydrogen-bond donors (Lipinski definition) is 0. The van der Waals surface area contributed by atoms with E-state index in [9.17, 15) is 9.59 Å². The highest BCUT2D eigenvalue weighted by molar-refractivity contribution is 5.79. The molecule has 2 amide bonds. The molecule has 0 N–H and O–H groups in total. The second kappa shape index (κ2) is 7.62. The SMILES string of the molecule is COC1CCCN(C(=O)CCN2CCCCCC2=O)C1. The molecule has 0 saturated carbocycles. The predicted octanol–water partition coefficient (Wildman–Crippen LogP) is 1.42. The molecule has 0 aromatic heterocycles. The van der Waals surface area contributed by atoms with Crippen LogP contribution >= 0.6 is 0 Å². The van der Waals surface area contributed by atoms with Crippen LogP contribution in [0.2, 0.25) is 0 Å². The number of carbonyl (C=O) groups is 2. The highest BCUT2D eigenvalue weighted by Gasteiger charge is 2.24. The zero-order valence-corrected chi connectivity index (χ0v) is 12.5. The van der Waals surface area contributed by atoms with Crippen LogP contribution in [0.15, 0.2) is 0 Å². The molecule has 1 atom stereocenters. The van der Waals surface area contributed by atoms with E-state index in [1.807, 2.05) is 9.80 Å². The fourth-order valence-corrected chi connectivity index (χ4v) is 3.02. The largest absolute Gasteiger partial charge is 0.380 e. The third-order valence-electron chi connectivity index (χ3n) is 4.33. The van der Waals surface area contributed by atoms with Crippen LogP contribution < -0.4 is 0 Å². The first-order valence-corrected chi connectivity index (χ1v) is 7.79. The van der Waals surface area contributed by atoms with Gasteiger partial charge in [-0.1, -0.05) is 6.42 Å². The normalized spacial score (nSPS) is 24.6. The van der Waals surface area contributed by atoms with Gasteiger partial charge in [-0.25, -0.2) is 0 Å². The van der Waals surface area contributed by atoms with Crippen molar-refractivity contribution in [3.05, 3.63) is 0 Å². The molecule has 2 aliphatic heterocycles. The lowest BCUT2D eigenvalue weighted by atomic mass is 10.1. The molecule has 1 unspecified atom stereocenters. The van der Waals surface area contributed by atoms with Crippen LogP contribution in [0.3, 0.4) is 0 Å². The van der Waals surface area contributed by atoms with Crippen LogP contribution in [-0.2, 0) is 14.3 Å². The van der Waals surface area contributed by atoms with E-state index in [2.05, 4.69) is 0 Å². The second-order valence-corrected chi connectivity index (χ2v) is 5.78. The van der Waals surface area contributed by atoms with Gasteiger partial charge in [0.15, 0.2) is 0 Å². The van der Waals surface area contributed by atoms with Gasteiger partial charge in [0.2, 0.25) is 11.8 Å². The van der Waals surface area contributed by atoms with Crippen molar-refractivity contribution in [3.63, 3.8) is 0 Å². The summed E-state index contributed by atoms with van der Waals surface area (Å²) in [5.41, 5.74) is 0. The average Bonchev–Trinajstić information content (AvgIpc) is 2.69. The smallest absolute Gasteiger partial charge is 0.224 e. The quantitative estimate of drug-likeness (QED) is 0.783. The van der Waals surface area contributed by atoms with Gasteiger partial charge in [0, 0.05) is 46.1 Å². The van der Waals surface area contributed by atoms with Gasteiger partial charge in [-0.15, -0.1) is 0 Å². The molecule has 2 rings (SSSR count). The number of rotatable bonds is 4. The summed E-state index contributed by atoms with van der Waals surface area (Å²) in [6.07, 6.45) is 6.48. The van der Waals surface area contributed by atoms with Gasteiger partial charge in [0.05, 0.1) is 6.10 Å². The number of nitrogens with zero attached hydrogens (tertiary/aromatic N) is 2. The van der Waals surface area contributed by atoms with Crippen molar-refractivity contribution in [2.24, 2.45) is 0 Å². The summed E-state index contributed by atoms with van der Waals surface area (Å²) in [6.45, 7) is 2.91. The van der Waals surface area contributed by atoms with Crippen molar-refractivity contribution in [2.75, 3.05) is 33.3 Å². The van der Waals surface area contributed by atoms with Gasteiger partial charge >= 0.3 is 0 Å². The molecule has 0 bridgehead atoms. The standard InChI is InChI=1S/C15H26N2O3/c1-20-13-6-5-10-17(12-13)15(19)8-11-16-9-4-2-3-7-14(16)18/h13H,2-12H2,1H3. The summed E-state index contributed by atoms with van der Waals surface area (Å²) in [6, 6.07) is 0.